The van der Waals surface area contributed by atoms with Gasteiger partial charge in [0.1, 0.15) is 0 Å². The summed E-state index contributed by atoms with van der Waals surface area (Å²) in [4.78, 5) is 1.43. The van der Waals surface area contributed by atoms with E-state index in [1.807, 2.05) is 11.3 Å². The second-order valence-corrected chi connectivity index (χ2v) is 6.44. The van der Waals surface area contributed by atoms with Crippen LogP contribution in [0.1, 0.15) is 63.3 Å². The summed E-state index contributed by atoms with van der Waals surface area (Å²) in [6.45, 7) is 6.24. The first-order chi connectivity index (χ1) is 9.32. The molecule has 1 unspecified atom stereocenters. The van der Waals surface area contributed by atoms with E-state index >= 15 is 0 Å². The van der Waals surface area contributed by atoms with Crippen LogP contribution in [-0.4, -0.2) is 18.8 Å². The molecule has 19 heavy (non-hydrogen) atoms. The predicted octanol–water partition coefficient (Wildman–Crippen LogP) is 4.53. The molecule has 0 bridgehead atoms. The summed E-state index contributed by atoms with van der Waals surface area (Å²) in [7, 11) is 0. The molecule has 0 amide bonds. The highest BCUT2D eigenvalue weighted by Crippen LogP contribution is 2.42. The third kappa shape index (κ3) is 3.59. The van der Waals surface area contributed by atoms with Gasteiger partial charge in [-0.05, 0) is 44.2 Å². The number of hydrogen-bond acceptors (Lipinski definition) is 3. The van der Waals surface area contributed by atoms with Crippen molar-refractivity contribution in [3.05, 3.63) is 22.4 Å². The molecule has 0 aromatic carbocycles. The minimum atomic E-state index is 0.0209. The van der Waals surface area contributed by atoms with E-state index < -0.39 is 0 Å². The minimum Gasteiger partial charge on any atom is -0.373 e. The minimum absolute atomic E-state index is 0.0209. The van der Waals surface area contributed by atoms with Gasteiger partial charge in [0.15, 0.2) is 0 Å². The molecule has 1 atom stereocenters. The lowest BCUT2D eigenvalue weighted by Gasteiger charge is -2.43. The van der Waals surface area contributed by atoms with Gasteiger partial charge in [0, 0.05) is 11.5 Å². The molecule has 1 aromatic heterocycles. The fraction of sp³-hybridized carbons (Fsp3) is 0.750. The molecular formula is C16H27NOS. The molecule has 1 aromatic rings. The van der Waals surface area contributed by atoms with E-state index in [1.165, 1.54) is 43.4 Å². The molecule has 0 radical (unpaired) electrons. The first-order valence-electron chi connectivity index (χ1n) is 7.73. The average molecular weight is 281 g/mol. The Bertz CT molecular complexity index is 338. The lowest BCUT2D eigenvalue weighted by atomic mass is 9.78. The summed E-state index contributed by atoms with van der Waals surface area (Å²) in [6.07, 6.45) is 7.52. The Hall–Kier alpha value is -0.380. The fourth-order valence-corrected chi connectivity index (χ4v) is 4.15. The van der Waals surface area contributed by atoms with E-state index in [1.54, 1.807) is 0 Å². The molecule has 1 aliphatic rings. The van der Waals surface area contributed by atoms with Crippen molar-refractivity contribution in [3.8, 4) is 0 Å². The van der Waals surface area contributed by atoms with Crippen LogP contribution >= 0.6 is 11.3 Å². The molecule has 0 aliphatic heterocycles. The Morgan fingerprint density at radius 2 is 2.11 bits per heavy atom. The van der Waals surface area contributed by atoms with Gasteiger partial charge in [-0.3, -0.25) is 0 Å². The van der Waals surface area contributed by atoms with Crippen LogP contribution in [0, 0.1) is 0 Å². The topological polar surface area (TPSA) is 21.3 Å². The van der Waals surface area contributed by atoms with E-state index in [4.69, 9.17) is 4.74 Å². The molecule has 1 fully saturated rings. The van der Waals surface area contributed by atoms with Gasteiger partial charge in [-0.15, -0.1) is 11.3 Å². The third-order valence-corrected chi connectivity index (χ3v) is 5.02. The van der Waals surface area contributed by atoms with Crippen molar-refractivity contribution < 1.29 is 4.74 Å². The van der Waals surface area contributed by atoms with Gasteiger partial charge in [-0.1, -0.05) is 32.3 Å². The van der Waals surface area contributed by atoms with E-state index in [2.05, 4.69) is 36.7 Å². The molecule has 0 spiro atoms. The molecule has 3 heteroatoms. The Morgan fingerprint density at radius 3 is 2.68 bits per heavy atom. The monoisotopic (exact) mass is 281 g/mol. The van der Waals surface area contributed by atoms with Gasteiger partial charge in [-0.2, -0.15) is 0 Å². The SMILES string of the molecule is CCCNC(c1cccs1)C1(OCC)CCCCC1. The maximum Gasteiger partial charge on any atom is 0.0884 e. The van der Waals surface area contributed by atoms with Crippen LogP contribution in [0.5, 0.6) is 0 Å². The van der Waals surface area contributed by atoms with E-state index in [0.29, 0.717) is 6.04 Å². The standard InChI is InChI=1S/C16H27NOS/c1-3-12-17-15(14-9-8-13-19-14)16(18-4-2)10-6-5-7-11-16/h8-9,13,15,17H,3-7,10-12H2,1-2H3. The van der Waals surface area contributed by atoms with E-state index in [0.717, 1.165) is 13.2 Å². The van der Waals surface area contributed by atoms with Crippen molar-refractivity contribution in [2.45, 2.75) is 64.0 Å². The second kappa shape index (κ2) is 7.41. The van der Waals surface area contributed by atoms with Gasteiger partial charge in [0.2, 0.25) is 0 Å². The van der Waals surface area contributed by atoms with E-state index in [9.17, 15) is 0 Å². The summed E-state index contributed by atoms with van der Waals surface area (Å²) >= 11 is 1.86. The average Bonchev–Trinajstić information content (AvgIpc) is 2.94. The molecule has 1 saturated carbocycles. The first-order valence-corrected chi connectivity index (χ1v) is 8.61. The Balaban J connectivity index is 2.21. The van der Waals surface area contributed by atoms with Gasteiger partial charge in [0.25, 0.3) is 0 Å². The molecule has 2 nitrogen and oxygen atoms in total. The smallest absolute Gasteiger partial charge is 0.0884 e. The molecule has 1 aliphatic carbocycles. The summed E-state index contributed by atoms with van der Waals surface area (Å²) < 4.78 is 6.30. The van der Waals surface area contributed by atoms with Crippen LogP contribution < -0.4 is 5.32 Å². The summed E-state index contributed by atoms with van der Waals surface area (Å²) in [5.41, 5.74) is 0.0209. The molecule has 1 N–H and O–H groups in total. The fourth-order valence-electron chi connectivity index (χ4n) is 3.24. The Morgan fingerprint density at radius 1 is 1.32 bits per heavy atom. The van der Waals surface area contributed by atoms with Gasteiger partial charge >= 0.3 is 0 Å². The summed E-state index contributed by atoms with van der Waals surface area (Å²) in [5.74, 6) is 0. The molecular weight excluding hydrogens is 254 g/mol. The second-order valence-electron chi connectivity index (χ2n) is 5.46. The normalized spacial score (nSPS) is 20.3. The highest BCUT2D eigenvalue weighted by atomic mass is 32.1. The zero-order valence-electron chi connectivity index (χ0n) is 12.3. The van der Waals surface area contributed by atoms with Gasteiger partial charge < -0.3 is 10.1 Å². The van der Waals surface area contributed by atoms with Crippen LogP contribution in [0.15, 0.2) is 17.5 Å². The van der Waals surface area contributed by atoms with Crippen molar-refractivity contribution in [1.29, 1.82) is 0 Å². The molecule has 108 valence electrons. The van der Waals surface area contributed by atoms with Crippen LogP contribution in [-0.2, 0) is 4.74 Å². The summed E-state index contributed by atoms with van der Waals surface area (Å²) in [6, 6.07) is 4.78. The Labute approximate surface area is 121 Å². The molecule has 2 rings (SSSR count). The van der Waals surface area contributed by atoms with Crippen LogP contribution in [0.4, 0.5) is 0 Å². The van der Waals surface area contributed by atoms with Crippen molar-refractivity contribution in [3.63, 3.8) is 0 Å². The zero-order chi connectivity index (χ0) is 13.6. The maximum absolute atomic E-state index is 6.30. The summed E-state index contributed by atoms with van der Waals surface area (Å²) in [5, 5.41) is 5.93. The number of thiophene rings is 1. The highest BCUT2D eigenvalue weighted by molar-refractivity contribution is 7.10. The molecule has 1 heterocycles. The zero-order valence-corrected chi connectivity index (χ0v) is 13.1. The third-order valence-electron chi connectivity index (χ3n) is 4.08. The maximum atomic E-state index is 6.30. The van der Waals surface area contributed by atoms with Crippen molar-refractivity contribution in [2.75, 3.05) is 13.2 Å². The lowest BCUT2D eigenvalue weighted by Crippen LogP contribution is -2.47. The van der Waals surface area contributed by atoms with Crippen molar-refractivity contribution >= 4 is 11.3 Å². The van der Waals surface area contributed by atoms with Gasteiger partial charge in [0.05, 0.1) is 11.6 Å². The first kappa shape index (κ1) is 15.0. The molecule has 0 saturated heterocycles. The largest absolute Gasteiger partial charge is 0.373 e. The highest BCUT2D eigenvalue weighted by Gasteiger charge is 2.41. The Kier molecular flexibility index (Phi) is 5.86. The number of hydrogen-bond donors (Lipinski definition) is 1. The van der Waals surface area contributed by atoms with Crippen LogP contribution in [0.2, 0.25) is 0 Å². The van der Waals surface area contributed by atoms with Crippen LogP contribution in [0.3, 0.4) is 0 Å². The van der Waals surface area contributed by atoms with E-state index in [-0.39, 0.29) is 5.60 Å². The predicted molar refractivity (Wildman–Crippen MR) is 82.8 cm³/mol. The number of nitrogens with one attached hydrogen (secondary N) is 1. The quantitative estimate of drug-likeness (QED) is 0.793. The van der Waals surface area contributed by atoms with Gasteiger partial charge in [-0.25, -0.2) is 0 Å². The number of ether oxygens (including phenoxy) is 1. The lowest BCUT2D eigenvalue weighted by molar-refractivity contribution is -0.0904. The number of rotatable bonds is 7. The van der Waals surface area contributed by atoms with Crippen molar-refractivity contribution in [2.24, 2.45) is 0 Å². The van der Waals surface area contributed by atoms with Crippen LogP contribution in [0.25, 0.3) is 0 Å². The van der Waals surface area contributed by atoms with Crippen molar-refractivity contribution in [1.82, 2.24) is 5.32 Å².